The zero-order valence-electron chi connectivity index (χ0n) is 10.3. The summed E-state index contributed by atoms with van der Waals surface area (Å²) >= 11 is 0. The first-order chi connectivity index (χ1) is 8.11. The fourth-order valence-corrected chi connectivity index (χ4v) is 1.51. The van der Waals surface area contributed by atoms with Crippen LogP contribution in [-0.4, -0.2) is 23.7 Å². The standard InChI is InChI=1S/C13H19NO3/c1-3-17-12-7-5-11(6-8-12)14-10(2)4-9-13(15)16/h5-8,10,14H,3-4,9H2,1-2H3,(H,15,16). The molecule has 1 rings (SSSR count). The van der Waals surface area contributed by atoms with Crippen LogP contribution < -0.4 is 10.1 Å². The lowest BCUT2D eigenvalue weighted by Gasteiger charge is -2.14. The number of hydrogen-bond donors (Lipinski definition) is 2. The largest absolute Gasteiger partial charge is 0.494 e. The van der Waals surface area contributed by atoms with Crippen molar-refractivity contribution < 1.29 is 14.6 Å². The zero-order chi connectivity index (χ0) is 12.7. The molecule has 94 valence electrons. The van der Waals surface area contributed by atoms with Crippen molar-refractivity contribution in [1.29, 1.82) is 0 Å². The van der Waals surface area contributed by atoms with E-state index < -0.39 is 5.97 Å². The third-order valence-electron chi connectivity index (χ3n) is 2.37. The number of benzene rings is 1. The molecule has 4 heteroatoms. The molecule has 0 aliphatic rings. The van der Waals surface area contributed by atoms with E-state index in [4.69, 9.17) is 9.84 Å². The number of nitrogens with one attached hydrogen (secondary N) is 1. The highest BCUT2D eigenvalue weighted by Gasteiger charge is 2.05. The molecular formula is C13H19NO3. The lowest BCUT2D eigenvalue weighted by Crippen LogP contribution is -2.16. The Morgan fingerprint density at radius 2 is 2.06 bits per heavy atom. The van der Waals surface area contributed by atoms with Crippen molar-refractivity contribution in [2.75, 3.05) is 11.9 Å². The molecule has 4 nitrogen and oxygen atoms in total. The van der Waals surface area contributed by atoms with Gasteiger partial charge in [0.1, 0.15) is 5.75 Å². The van der Waals surface area contributed by atoms with E-state index in [1.54, 1.807) is 0 Å². The van der Waals surface area contributed by atoms with Gasteiger partial charge in [-0.3, -0.25) is 4.79 Å². The van der Waals surface area contributed by atoms with Crippen LogP contribution in [0.3, 0.4) is 0 Å². The molecule has 2 N–H and O–H groups in total. The van der Waals surface area contributed by atoms with Gasteiger partial charge in [0, 0.05) is 18.2 Å². The Bertz CT molecular complexity index is 348. The van der Waals surface area contributed by atoms with E-state index >= 15 is 0 Å². The van der Waals surface area contributed by atoms with Gasteiger partial charge in [0.25, 0.3) is 0 Å². The van der Waals surface area contributed by atoms with Crippen molar-refractivity contribution in [3.05, 3.63) is 24.3 Å². The minimum absolute atomic E-state index is 0.143. The fourth-order valence-electron chi connectivity index (χ4n) is 1.51. The second-order valence-electron chi connectivity index (χ2n) is 3.94. The van der Waals surface area contributed by atoms with Gasteiger partial charge in [-0.2, -0.15) is 0 Å². The van der Waals surface area contributed by atoms with Crippen LogP contribution in [0.2, 0.25) is 0 Å². The highest BCUT2D eigenvalue weighted by atomic mass is 16.5. The van der Waals surface area contributed by atoms with Gasteiger partial charge in [0.15, 0.2) is 0 Å². The van der Waals surface area contributed by atoms with Crippen LogP contribution in [0.4, 0.5) is 5.69 Å². The van der Waals surface area contributed by atoms with Gasteiger partial charge < -0.3 is 15.2 Å². The molecule has 0 aliphatic carbocycles. The summed E-state index contributed by atoms with van der Waals surface area (Å²) in [6, 6.07) is 7.81. The quantitative estimate of drug-likeness (QED) is 0.765. The summed E-state index contributed by atoms with van der Waals surface area (Å²) in [5.41, 5.74) is 0.978. The Balaban J connectivity index is 2.42. The third-order valence-corrected chi connectivity index (χ3v) is 2.37. The number of carbonyl (C=O) groups is 1. The number of aliphatic carboxylic acids is 1. The van der Waals surface area contributed by atoms with Crippen LogP contribution in [0, 0.1) is 0 Å². The summed E-state index contributed by atoms with van der Waals surface area (Å²) in [6.07, 6.45) is 0.799. The van der Waals surface area contributed by atoms with Gasteiger partial charge >= 0.3 is 5.97 Å². The third kappa shape index (κ3) is 5.24. The Hall–Kier alpha value is -1.71. The second-order valence-corrected chi connectivity index (χ2v) is 3.94. The molecule has 0 saturated carbocycles. The lowest BCUT2D eigenvalue weighted by molar-refractivity contribution is -0.137. The van der Waals surface area contributed by atoms with E-state index in [2.05, 4.69) is 5.32 Å². The highest BCUT2D eigenvalue weighted by molar-refractivity contribution is 5.66. The van der Waals surface area contributed by atoms with Crippen LogP contribution >= 0.6 is 0 Å². The van der Waals surface area contributed by atoms with Crippen LogP contribution in [0.25, 0.3) is 0 Å². The minimum Gasteiger partial charge on any atom is -0.494 e. The van der Waals surface area contributed by atoms with Crippen molar-refractivity contribution in [2.45, 2.75) is 32.7 Å². The highest BCUT2D eigenvalue weighted by Crippen LogP contribution is 2.17. The summed E-state index contributed by atoms with van der Waals surface area (Å²) in [5, 5.41) is 11.8. The maximum absolute atomic E-state index is 10.4. The summed E-state index contributed by atoms with van der Waals surface area (Å²) in [6.45, 7) is 4.57. The smallest absolute Gasteiger partial charge is 0.303 e. The molecule has 0 amide bonds. The number of anilines is 1. The Morgan fingerprint density at radius 1 is 1.41 bits per heavy atom. The number of rotatable bonds is 7. The molecule has 0 bridgehead atoms. The summed E-state index contributed by atoms with van der Waals surface area (Å²) in [5.74, 6) is 0.0848. The monoisotopic (exact) mass is 237 g/mol. The summed E-state index contributed by atoms with van der Waals surface area (Å²) < 4.78 is 5.34. The van der Waals surface area contributed by atoms with Crippen LogP contribution in [0.15, 0.2) is 24.3 Å². The Morgan fingerprint density at radius 3 is 2.59 bits per heavy atom. The normalized spacial score (nSPS) is 11.9. The average molecular weight is 237 g/mol. The van der Waals surface area contributed by atoms with E-state index in [0.717, 1.165) is 11.4 Å². The number of carboxylic acid groups (broad SMARTS) is 1. The topological polar surface area (TPSA) is 58.6 Å². The molecule has 0 aromatic heterocycles. The van der Waals surface area contributed by atoms with E-state index in [-0.39, 0.29) is 12.5 Å². The van der Waals surface area contributed by atoms with Gasteiger partial charge in [0.05, 0.1) is 6.61 Å². The maximum Gasteiger partial charge on any atom is 0.303 e. The number of ether oxygens (including phenoxy) is 1. The molecule has 0 radical (unpaired) electrons. The second kappa shape index (κ2) is 6.78. The first-order valence-electron chi connectivity index (χ1n) is 5.83. The molecule has 0 saturated heterocycles. The molecule has 0 spiro atoms. The predicted molar refractivity (Wildman–Crippen MR) is 67.6 cm³/mol. The molecule has 1 atom stereocenters. The van der Waals surface area contributed by atoms with Crippen molar-refractivity contribution in [3.8, 4) is 5.75 Å². The fraction of sp³-hybridized carbons (Fsp3) is 0.462. The Labute approximate surface area is 102 Å². The number of hydrogen-bond acceptors (Lipinski definition) is 3. The van der Waals surface area contributed by atoms with E-state index in [9.17, 15) is 4.79 Å². The number of carboxylic acids is 1. The molecule has 0 fully saturated rings. The first kappa shape index (κ1) is 13.4. The molecule has 1 aromatic carbocycles. The SMILES string of the molecule is CCOc1ccc(NC(C)CCC(=O)O)cc1. The Kier molecular flexibility index (Phi) is 5.33. The van der Waals surface area contributed by atoms with Crippen molar-refractivity contribution in [2.24, 2.45) is 0 Å². The first-order valence-corrected chi connectivity index (χ1v) is 5.83. The lowest BCUT2D eigenvalue weighted by atomic mass is 10.1. The maximum atomic E-state index is 10.4. The van der Waals surface area contributed by atoms with Crippen molar-refractivity contribution >= 4 is 11.7 Å². The average Bonchev–Trinajstić information content (AvgIpc) is 2.29. The van der Waals surface area contributed by atoms with Crippen molar-refractivity contribution in [3.63, 3.8) is 0 Å². The van der Waals surface area contributed by atoms with E-state index in [1.807, 2.05) is 38.1 Å². The zero-order valence-corrected chi connectivity index (χ0v) is 10.3. The van der Waals surface area contributed by atoms with Gasteiger partial charge in [-0.15, -0.1) is 0 Å². The molecule has 0 aliphatic heterocycles. The van der Waals surface area contributed by atoms with Gasteiger partial charge in [0.2, 0.25) is 0 Å². The van der Waals surface area contributed by atoms with E-state index in [0.29, 0.717) is 13.0 Å². The summed E-state index contributed by atoms with van der Waals surface area (Å²) in [7, 11) is 0. The minimum atomic E-state index is -0.759. The predicted octanol–water partition coefficient (Wildman–Crippen LogP) is 2.75. The molecule has 1 unspecified atom stereocenters. The molecule has 1 aromatic rings. The molecular weight excluding hydrogens is 218 g/mol. The van der Waals surface area contributed by atoms with Crippen LogP contribution in [0.1, 0.15) is 26.7 Å². The molecule has 0 heterocycles. The van der Waals surface area contributed by atoms with Crippen LogP contribution in [0.5, 0.6) is 5.75 Å². The molecule has 17 heavy (non-hydrogen) atoms. The summed E-state index contributed by atoms with van der Waals surface area (Å²) in [4.78, 5) is 10.4. The van der Waals surface area contributed by atoms with Gasteiger partial charge in [-0.25, -0.2) is 0 Å². The van der Waals surface area contributed by atoms with Crippen molar-refractivity contribution in [1.82, 2.24) is 0 Å². The van der Waals surface area contributed by atoms with Crippen LogP contribution in [-0.2, 0) is 4.79 Å². The van der Waals surface area contributed by atoms with E-state index in [1.165, 1.54) is 0 Å². The van der Waals surface area contributed by atoms with Gasteiger partial charge in [-0.05, 0) is 44.5 Å². The van der Waals surface area contributed by atoms with Gasteiger partial charge in [-0.1, -0.05) is 0 Å².